The van der Waals surface area contributed by atoms with Gasteiger partial charge >= 0.3 is 0 Å². The van der Waals surface area contributed by atoms with Gasteiger partial charge in [0, 0.05) is 31.9 Å². The number of nitrogens with one attached hydrogen (secondary N) is 2. The van der Waals surface area contributed by atoms with Crippen molar-refractivity contribution in [3.63, 3.8) is 0 Å². The van der Waals surface area contributed by atoms with Crippen LogP contribution in [-0.2, 0) is 4.79 Å². The summed E-state index contributed by atoms with van der Waals surface area (Å²) in [6.45, 7) is 5.51. The molecule has 142 valence electrons. The maximum atomic E-state index is 11.8. The highest BCUT2D eigenvalue weighted by Crippen LogP contribution is 2.28. The van der Waals surface area contributed by atoms with Crippen LogP contribution < -0.4 is 10.6 Å². The van der Waals surface area contributed by atoms with Crippen LogP contribution in [0.1, 0.15) is 52.4 Å². The van der Waals surface area contributed by atoms with Gasteiger partial charge in [0.25, 0.3) is 0 Å². The van der Waals surface area contributed by atoms with E-state index >= 15 is 0 Å². The molecule has 0 spiro atoms. The average molecular weight is 470 g/mol. The largest absolute Gasteiger partial charge is 0.356 e. The molecule has 0 aliphatic heterocycles. The third kappa shape index (κ3) is 9.96. The Labute approximate surface area is 169 Å². The molecule has 0 heterocycles. The summed E-state index contributed by atoms with van der Waals surface area (Å²) < 4.78 is 0. The van der Waals surface area contributed by atoms with Gasteiger partial charge in [-0.05, 0) is 31.4 Å². The molecule has 2 N–H and O–H groups in total. The SMILES string of the molecule is CCCCNC(=NCC(=O)N(C)C)NC1CCCC(SCC)C1.I. The Balaban J connectivity index is 0.00000529. The lowest BCUT2D eigenvalue weighted by atomic mass is 9.95. The second-order valence-corrected chi connectivity index (χ2v) is 7.90. The number of likely N-dealkylation sites (N-methyl/N-ethyl adjacent to an activating group) is 1. The highest BCUT2D eigenvalue weighted by atomic mass is 127. The van der Waals surface area contributed by atoms with Gasteiger partial charge in [0.05, 0.1) is 0 Å². The van der Waals surface area contributed by atoms with Crippen molar-refractivity contribution < 1.29 is 4.79 Å². The molecule has 0 saturated heterocycles. The summed E-state index contributed by atoms with van der Waals surface area (Å²) in [4.78, 5) is 17.8. The Bertz CT molecular complexity index is 378. The Hall–Kier alpha value is -0.180. The smallest absolute Gasteiger partial charge is 0.243 e. The number of unbranched alkanes of at least 4 members (excludes halogenated alkanes) is 1. The highest BCUT2D eigenvalue weighted by molar-refractivity contribution is 14.0. The molecule has 0 aromatic rings. The first-order valence-corrected chi connectivity index (χ1v) is 9.98. The van der Waals surface area contributed by atoms with Crippen molar-refractivity contribution >= 4 is 47.6 Å². The van der Waals surface area contributed by atoms with Crippen molar-refractivity contribution in [3.05, 3.63) is 0 Å². The van der Waals surface area contributed by atoms with Crippen molar-refractivity contribution in [2.75, 3.05) is 32.9 Å². The molecule has 7 heteroatoms. The van der Waals surface area contributed by atoms with E-state index in [1.54, 1.807) is 19.0 Å². The molecule has 1 saturated carbocycles. The van der Waals surface area contributed by atoms with Gasteiger partial charge in [0.15, 0.2) is 5.96 Å². The Kier molecular flexibility index (Phi) is 13.9. The van der Waals surface area contributed by atoms with Crippen LogP contribution in [0.15, 0.2) is 4.99 Å². The predicted octanol–water partition coefficient (Wildman–Crippen LogP) is 3.09. The van der Waals surface area contributed by atoms with E-state index in [0.717, 1.165) is 30.6 Å². The lowest BCUT2D eigenvalue weighted by Gasteiger charge is -2.30. The maximum Gasteiger partial charge on any atom is 0.243 e. The van der Waals surface area contributed by atoms with Gasteiger partial charge in [-0.2, -0.15) is 11.8 Å². The zero-order chi connectivity index (χ0) is 17.1. The van der Waals surface area contributed by atoms with Gasteiger partial charge in [0.1, 0.15) is 6.54 Å². The fourth-order valence-corrected chi connectivity index (χ4v) is 3.85. The lowest BCUT2D eigenvalue weighted by Crippen LogP contribution is -2.46. The van der Waals surface area contributed by atoms with Crippen LogP contribution in [0.3, 0.4) is 0 Å². The summed E-state index contributed by atoms with van der Waals surface area (Å²) in [5.74, 6) is 2.01. The van der Waals surface area contributed by atoms with E-state index in [2.05, 4.69) is 41.2 Å². The molecule has 1 fully saturated rings. The van der Waals surface area contributed by atoms with Crippen LogP contribution in [0.5, 0.6) is 0 Å². The Morgan fingerprint density at radius 1 is 1.29 bits per heavy atom. The number of hydrogen-bond acceptors (Lipinski definition) is 3. The van der Waals surface area contributed by atoms with Crippen molar-refractivity contribution in [2.24, 2.45) is 4.99 Å². The number of halogens is 1. The third-order valence-corrected chi connectivity index (χ3v) is 5.30. The lowest BCUT2D eigenvalue weighted by molar-refractivity contribution is -0.127. The van der Waals surface area contributed by atoms with Gasteiger partial charge in [-0.15, -0.1) is 24.0 Å². The summed E-state index contributed by atoms with van der Waals surface area (Å²) >= 11 is 2.07. The second kappa shape index (κ2) is 14.0. The highest BCUT2D eigenvalue weighted by Gasteiger charge is 2.22. The van der Waals surface area contributed by atoms with Crippen LogP contribution in [0, 0.1) is 0 Å². The molecular formula is C17H35IN4OS. The average Bonchev–Trinajstić information content (AvgIpc) is 2.53. The third-order valence-electron chi connectivity index (χ3n) is 4.06. The fourth-order valence-electron chi connectivity index (χ4n) is 2.68. The van der Waals surface area contributed by atoms with Crippen molar-refractivity contribution in [1.29, 1.82) is 0 Å². The normalized spacial score (nSPS) is 20.9. The van der Waals surface area contributed by atoms with Gasteiger partial charge < -0.3 is 15.5 Å². The minimum atomic E-state index is 0. The number of aliphatic imine (C=N–C) groups is 1. The van der Waals surface area contributed by atoms with E-state index in [4.69, 9.17) is 0 Å². The van der Waals surface area contributed by atoms with Crippen molar-refractivity contribution in [1.82, 2.24) is 15.5 Å². The number of hydrogen-bond donors (Lipinski definition) is 2. The first kappa shape index (κ1) is 23.8. The van der Waals surface area contributed by atoms with Crippen molar-refractivity contribution in [2.45, 2.75) is 63.7 Å². The summed E-state index contributed by atoms with van der Waals surface area (Å²) in [6, 6.07) is 0.468. The summed E-state index contributed by atoms with van der Waals surface area (Å²) in [7, 11) is 3.53. The van der Waals surface area contributed by atoms with E-state index in [-0.39, 0.29) is 36.4 Å². The second-order valence-electron chi connectivity index (χ2n) is 6.32. The van der Waals surface area contributed by atoms with Gasteiger partial charge in [0.2, 0.25) is 5.91 Å². The Morgan fingerprint density at radius 2 is 2.04 bits per heavy atom. The van der Waals surface area contributed by atoms with Gasteiger partial charge in [-0.25, -0.2) is 4.99 Å². The molecule has 0 bridgehead atoms. The summed E-state index contributed by atoms with van der Waals surface area (Å²) in [6.07, 6.45) is 7.24. The first-order valence-electron chi connectivity index (χ1n) is 8.93. The minimum Gasteiger partial charge on any atom is -0.356 e. The molecule has 1 aliphatic carbocycles. The maximum absolute atomic E-state index is 11.8. The van der Waals surface area contributed by atoms with E-state index in [1.165, 1.54) is 31.4 Å². The van der Waals surface area contributed by atoms with Crippen LogP contribution in [0.2, 0.25) is 0 Å². The number of carbonyl (C=O) groups excluding carboxylic acids is 1. The Morgan fingerprint density at radius 3 is 2.67 bits per heavy atom. The van der Waals surface area contributed by atoms with Gasteiger partial charge in [-0.1, -0.05) is 26.7 Å². The first-order chi connectivity index (χ1) is 11.1. The number of thioether (sulfide) groups is 1. The molecule has 1 amide bonds. The molecule has 0 aromatic heterocycles. The van der Waals surface area contributed by atoms with Crippen molar-refractivity contribution in [3.8, 4) is 0 Å². The summed E-state index contributed by atoms with van der Waals surface area (Å²) in [5, 5.41) is 7.68. The molecule has 1 aliphatic rings. The fraction of sp³-hybridized carbons (Fsp3) is 0.882. The van der Waals surface area contributed by atoms with Gasteiger partial charge in [-0.3, -0.25) is 4.79 Å². The molecule has 1 rings (SSSR count). The zero-order valence-corrected chi connectivity index (χ0v) is 18.8. The summed E-state index contributed by atoms with van der Waals surface area (Å²) in [5.41, 5.74) is 0. The van der Waals surface area contributed by atoms with E-state index in [1.807, 2.05) is 0 Å². The molecule has 0 aromatic carbocycles. The standard InChI is InChI=1S/C17H34N4OS.HI/c1-5-7-11-18-17(19-13-16(22)21(3)4)20-14-9-8-10-15(12-14)23-6-2;/h14-15H,5-13H2,1-4H3,(H2,18,19,20);1H. The predicted molar refractivity (Wildman–Crippen MR) is 117 cm³/mol. The quantitative estimate of drug-likeness (QED) is 0.248. The number of amides is 1. The van der Waals surface area contributed by atoms with Crippen LogP contribution in [0.4, 0.5) is 0 Å². The van der Waals surface area contributed by atoms with E-state index in [0.29, 0.717) is 6.04 Å². The van der Waals surface area contributed by atoms with E-state index in [9.17, 15) is 4.79 Å². The molecule has 5 nitrogen and oxygen atoms in total. The minimum absolute atomic E-state index is 0. The van der Waals surface area contributed by atoms with Crippen LogP contribution >= 0.6 is 35.7 Å². The monoisotopic (exact) mass is 470 g/mol. The van der Waals surface area contributed by atoms with E-state index < -0.39 is 0 Å². The number of carbonyl (C=O) groups is 1. The molecule has 2 atom stereocenters. The molecule has 2 unspecified atom stereocenters. The molecular weight excluding hydrogens is 435 g/mol. The van der Waals surface area contributed by atoms with Crippen LogP contribution in [0.25, 0.3) is 0 Å². The molecule has 24 heavy (non-hydrogen) atoms. The number of nitrogens with zero attached hydrogens (tertiary/aromatic N) is 2. The number of rotatable bonds is 8. The zero-order valence-electron chi connectivity index (χ0n) is 15.6. The van der Waals surface area contributed by atoms with Crippen LogP contribution in [-0.4, -0.2) is 61.0 Å². The molecule has 0 radical (unpaired) electrons. The topological polar surface area (TPSA) is 56.7 Å². The number of guanidine groups is 1.